The van der Waals surface area contributed by atoms with Crippen molar-refractivity contribution in [3.8, 4) is 0 Å². The standard InChI is InChI=1S/C11H13ClN4O2S/c12-9-2-3-11(10(13)8-9)19(17,18)15-5-7-16-6-1-4-14-16/h1-4,6,8,15H,5,7,13H2. The highest BCUT2D eigenvalue weighted by Crippen LogP contribution is 2.21. The fourth-order valence-electron chi connectivity index (χ4n) is 1.57. The SMILES string of the molecule is Nc1cc(Cl)ccc1S(=O)(=O)NCCn1cccn1. The van der Waals surface area contributed by atoms with E-state index in [9.17, 15) is 8.42 Å². The predicted octanol–water partition coefficient (Wildman–Crippen LogP) is 1.10. The quantitative estimate of drug-likeness (QED) is 0.809. The summed E-state index contributed by atoms with van der Waals surface area (Å²) in [4.78, 5) is 0.0253. The number of sulfonamides is 1. The topological polar surface area (TPSA) is 90.0 Å². The Morgan fingerprint density at radius 1 is 1.42 bits per heavy atom. The maximum absolute atomic E-state index is 12.0. The van der Waals surface area contributed by atoms with Crippen LogP contribution in [0.1, 0.15) is 0 Å². The van der Waals surface area contributed by atoms with Crippen molar-refractivity contribution in [2.75, 3.05) is 12.3 Å². The Balaban J connectivity index is 2.05. The molecule has 0 aliphatic carbocycles. The maximum Gasteiger partial charge on any atom is 0.242 e. The monoisotopic (exact) mass is 300 g/mol. The van der Waals surface area contributed by atoms with Gasteiger partial charge < -0.3 is 5.73 Å². The van der Waals surface area contributed by atoms with Crippen molar-refractivity contribution in [2.24, 2.45) is 0 Å². The van der Waals surface area contributed by atoms with Gasteiger partial charge in [0.1, 0.15) is 4.90 Å². The van der Waals surface area contributed by atoms with Crippen LogP contribution < -0.4 is 10.5 Å². The van der Waals surface area contributed by atoms with Crippen molar-refractivity contribution in [3.63, 3.8) is 0 Å². The third-order valence-electron chi connectivity index (χ3n) is 2.45. The summed E-state index contributed by atoms with van der Waals surface area (Å²) in [7, 11) is -3.64. The summed E-state index contributed by atoms with van der Waals surface area (Å²) in [5.41, 5.74) is 5.78. The predicted molar refractivity (Wildman–Crippen MR) is 73.3 cm³/mol. The molecule has 2 rings (SSSR count). The molecule has 0 unspecified atom stereocenters. The van der Waals surface area contributed by atoms with Crippen LogP contribution in [-0.2, 0) is 16.6 Å². The normalized spacial score (nSPS) is 11.6. The summed E-state index contributed by atoms with van der Waals surface area (Å²) < 4.78 is 28.2. The van der Waals surface area contributed by atoms with Crippen molar-refractivity contribution in [2.45, 2.75) is 11.4 Å². The second-order valence-electron chi connectivity index (χ2n) is 3.85. The van der Waals surface area contributed by atoms with Crippen molar-refractivity contribution < 1.29 is 8.42 Å². The van der Waals surface area contributed by atoms with E-state index in [-0.39, 0.29) is 17.1 Å². The minimum absolute atomic E-state index is 0.0253. The van der Waals surface area contributed by atoms with Crippen molar-refractivity contribution >= 4 is 27.3 Å². The van der Waals surface area contributed by atoms with Crippen LogP contribution in [0.5, 0.6) is 0 Å². The Morgan fingerprint density at radius 3 is 2.84 bits per heavy atom. The number of anilines is 1. The fraction of sp³-hybridized carbons (Fsp3) is 0.182. The first-order chi connectivity index (χ1) is 8.99. The molecule has 0 saturated heterocycles. The van der Waals surface area contributed by atoms with Crippen LogP contribution >= 0.6 is 11.6 Å². The zero-order valence-electron chi connectivity index (χ0n) is 9.95. The molecule has 1 aromatic heterocycles. The lowest BCUT2D eigenvalue weighted by molar-refractivity contribution is 0.561. The summed E-state index contributed by atoms with van der Waals surface area (Å²) in [6.07, 6.45) is 3.39. The molecule has 6 nitrogen and oxygen atoms in total. The molecule has 0 fully saturated rings. The molecule has 3 N–H and O–H groups in total. The van der Waals surface area contributed by atoms with Crippen LogP contribution in [-0.4, -0.2) is 24.7 Å². The number of nitrogen functional groups attached to an aromatic ring is 1. The molecule has 0 saturated carbocycles. The number of halogens is 1. The average Bonchev–Trinajstić information content (AvgIpc) is 2.81. The third-order valence-corrected chi connectivity index (χ3v) is 4.22. The van der Waals surface area contributed by atoms with Crippen LogP contribution in [0, 0.1) is 0 Å². The number of benzene rings is 1. The Kier molecular flexibility index (Phi) is 4.08. The first-order valence-electron chi connectivity index (χ1n) is 5.51. The minimum Gasteiger partial charge on any atom is -0.398 e. The Hall–Kier alpha value is -1.57. The molecule has 0 atom stereocenters. The van der Waals surface area contributed by atoms with E-state index in [0.717, 1.165) is 0 Å². The van der Waals surface area contributed by atoms with E-state index in [0.29, 0.717) is 11.6 Å². The van der Waals surface area contributed by atoms with Crippen LogP contribution in [0.3, 0.4) is 0 Å². The maximum atomic E-state index is 12.0. The van der Waals surface area contributed by atoms with Crippen molar-refractivity contribution in [3.05, 3.63) is 41.7 Å². The zero-order chi connectivity index (χ0) is 13.9. The van der Waals surface area contributed by atoms with Gasteiger partial charge in [0, 0.05) is 24.0 Å². The molecular formula is C11H13ClN4O2S. The molecule has 0 amide bonds. The number of hydrogen-bond donors (Lipinski definition) is 2. The van der Waals surface area contributed by atoms with Crippen molar-refractivity contribution in [1.82, 2.24) is 14.5 Å². The summed E-state index contributed by atoms with van der Waals surface area (Å²) in [5.74, 6) is 0. The van der Waals surface area contributed by atoms with Gasteiger partial charge in [-0.3, -0.25) is 4.68 Å². The minimum atomic E-state index is -3.64. The molecule has 1 aromatic carbocycles. The van der Waals surface area contributed by atoms with E-state index >= 15 is 0 Å². The van der Waals surface area contributed by atoms with Gasteiger partial charge in [0.25, 0.3) is 0 Å². The highest BCUT2D eigenvalue weighted by Gasteiger charge is 2.16. The first kappa shape index (κ1) is 13.9. The van der Waals surface area contributed by atoms with Gasteiger partial charge in [-0.05, 0) is 24.3 Å². The lowest BCUT2D eigenvalue weighted by Crippen LogP contribution is -2.28. The fourth-order valence-corrected chi connectivity index (χ4v) is 2.88. The van der Waals surface area contributed by atoms with Crippen LogP contribution in [0.25, 0.3) is 0 Å². The van der Waals surface area contributed by atoms with E-state index in [1.165, 1.54) is 18.2 Å². The van der Waals surface area contributed by atoms with E-state index in [4.69, 9.17) is 17.3 Å². The second kappa shape index (κ2) is 5.60. The molecule has 8 heteroatoms. The molecule has 0 radical (unpaired) electrons. The van der Waals surface area contributed by atoms with E-state index in [2.05, 4.69) is 9.82 Å². The Labute approximate surface area is 116 Å². The van der Waals surface area contributed by atoms with E-state index in [1.54, 1.807) is 23.1 Å². The summed E-state index contributed by atoms with van der Waals surface area (Å²) in [6.45, 7) is 0.672. The molecule has 0 spiro atoms. The molecule has 102 valence electrons. The second-order valence-corrected chi connectivity index (χ2v) is 6.02. The van der Waals surface area contributed by atoms with Gasteiger partial charge in [0.2, 0.25) is 10.0 Å². The average molecular weight is 301 g/mol. The van der Waals surface area contributed by atoms with E-state index < -0.39 is 10.0 Å². The van der Waals surface area contributed by atoms with Gasteiger partial charge in [-0.2, -0.15) is 5.10 Å². The zero-order valence-corrected chi connectivity index (χ0v) is 11.5. The Morgan fingerprint density at radius 2 is 2.21 bits per heavy atom. The number of hydrogen-bond acceptors (Lipinski definition) is 4. The number of aromatic nitrogens is 2. The van der Waals surface area contributed by atoms with Crippen LogP contribution in [0.4, 0.5) is 5.69 Å². The number of nitrogens with two attached hydrogens (primary N) is 1. The van der Waals surface area contributed by atoms with Gasteiger partial charge in [0.15, 0.2) is 0 Å². The van der Waals surface area contributed by atoms with Crippen LogP contribution in [0.2, 0.25) is 5.02 Å². The largest absolute Gasteiger partial charge is 0.398 e. The van der Waals surface area contributed by atoms with Gasteiger partial charge in [-0.15, -0.1) is 0 Å². The molecule has 0 aliphatic heterocycles. The third kappa shape index (κ3) is 3.46. The summed E-state index contributed by atoms with van der Waals surface area (Å²) in [5, 5.41) is 4.37. The highest BCUT2D eigenvalue weighted by molar-refractivity contribution is 7.89. The number of rotatable bonds is 5. The number of nitrogens with one attached hydrogen (secondary N) is 1. The smallest absolute Gasteiger partial charge is 0.242 e. The molecular weight excluding hydrogens is 288 g/mol. The van der Waals surface area contributed by atoms with Gasteiger partial charge in [0.05, 0.1) is 12.2 Å². The lowest BCUT2D eigenvalue weighted by Gasteiger charge is -2.09. The molecule has 19 heavy (non-hydrogen) atoms. The molecule has 0 aliphatic rings. The molecule has 1 heterocycles. The summed E-state index contributed by atoms with van der Waals surface area (Å²) >= 11 is 5.73. The molecule has 0 bridgehead atoms. The van der Waals surface area contributed by atoms with Crippen molar-refractivity contribution in [1.29, 1.82) is 0 Å². The summed E-state index contributed by atoms with van der Waals surface area (Å²) in [6, 6.07) is 6.04. The number of nitrogens with zero attached hydrogens (tertiary/aromatic N) is 2. The van der Waals surface area contributed by atoms with Gasteiger partial charge >= 0.3 is 0 Å². The van der Waals surface area contributed by atoms with Gasteiger partial charge in [-0.25, -0.2) is 13.1 Å². The first-order valence-corrected chi connectivity index (χ1v) is 7.37. The van der Waals surface area contributed by atoms with Gasteiger partial charge in [-0.1, -0.05) is 11.6 Å². The lowest BCUT2D eigenvalue weighted by atomic mass is 10.3. The molecule has 2 aromatic rings. The highest BCUT2D eigenvalue weighted by atomic mass is 35.5. The Bertz CT molecular complexity index is 655. The van der Waals surface area contributed by atoms with E-state index in [1.807, 2.05) is 0 Å². The van der Waals surface area contributed by atoms with Crippen LogP contribution in [0.15, 0.2) is 41.6 Å².